The van der Waals surface area contributed by atoms with Crippen LogP contribution in [0.5, 0.6) is 0 Å². The first-order valence-corrected chi connectivity index (χ1v) is 9.30. The number of halogens is 1. The van der Waals surface area contributed by atoms with Crippen molar-refractivity contribution in [3.63, 3.8) is 0 Å². The smallest absolute Gasteiger partial charge is 0.407 e. The molecule has 2 aromatic carbocycles. The number of primary amides is 1. The molecule has 0 aliphatic rings. The van der Waals surface area contributed by atoms with Gasteiger partial charge in [0.05, 0.1) is 12.5 Å². The molecule has 0 unspecified atom stereocenters. The summed E-state index contributed by atoms with van der Waals surface area (Å²) in [4.78, 5) is 35.3. The summed E-state index contributed by atoms with van der Waals surface area (Å²) in [7, 11) is 0. The molecule has 3 amide bonds. The van der Waals surface area contributed by atoms with E-state index in [1.165, 1.54) is 18.2 Å². The number of alkyl carbamates (subject to hydrolysis) is 1. The van der Waals surface area contributed by atoms with Gasteiger partial charge >= 0.3 is 6.09 Å². The lowest BCUT2D eigenvalue weighted by Crippen LogP contribution is -2.47. The Hall–Kier alpha value is -3.46. The molecule has 0 aliphatic heterocycles. The summed E-state index contributed by atoms with van der Waals surface area (Å²) >= 11 is 0. The van der Waals surface area contributed by atoms with Gasteiger partial charge in [-0.1, -0.05) is 48.5 Å². The van der Waals surface area contributed by atoms with Gasteiger partial charge in [-0.15, -0.1) is 0 Å². The number of ether oxygens (including phenoxy) is 1. The molecule has 2 aromatic rings. The van der Waals surface area contributed by atoms with Gasteiger partial charge < -0.3 is 26.2 Å². The molecular weight excluding hydrogens is 393 g/mol. The summed E-state index contributed by atoms with van der Waals surface area (Å²) in [5.41, 5.74) is 6.31. The van der Waals surface area contributed by atoms with Crippen LogP contribution in [0.3, 0.4) is 0 Å². The monoisotopic (exact) mass is 417 g/mol. The normalized spacial score (nSPS) is 12.5. The number of benzene rings is 2. The average molecular weight is 417 g/mol. The Balaban J connectivity index is 1.74. The number of aliphatic hydroxyl groups excluding tert-OH is 1. The zero-order valence-electron chi connectivity index (χ0n) is 16.2. The van der Waals surface area contributed by atoms with E-state index in [0.29, 0.717) is 0 Å². The van der Waals surface area contributed by atoms with Gasteiger partial charge in [0.15, 0.2) is 0 Å². The van der Waals surface area contributed by atoms with Crippen molar-refractivity contribution in [2.45, 2.75) is 31.6 Å². The maximum atomic E-state index is 13.8. The van der Waals surface area contributed by atoms with E-state index in [-0.39, 0.29) is 31.6 Å². The van der Waals surface area contributed by atoms with Gasteiger partial charge in [0.25, 0.3) is 0 Å². The van der Waals surface area contributed by atoms with Crippen LogP contribution < -0.4 is 16.4 Å². The Morgan fingerprint density at radius 1 is 1.07 bits per heavy atom. The molecule has 9 heteroatoms. The third-order valence-corrected chi connectivity index (χ3v) is 4.18. The lowest BCUT2D eigenvalue weighted by atomic mass is 10.0. The van der Waals surface area contributed by atoms with E-state index < -0.39 is 35.9 Å². The van der Waals surface area contributed by atoms with Crippen LogP contribution in [-0.4, -0.2) is 41.7 Å². The fourth-order valence-electron chi connectivity index (χ4n) is 2.62. The second kappa shape index (κ2) is 11.5. The summed E-state index contributed by atoms with van der Waals surface area (Å²) in [6.07, 6.45) is -2.46. The van der Waals surface area contributed by atoms with Crippen molar-refractivity contribution in [3.05, 3.63) is 71.5 Å². The molecule has 0 saturated carbocycles. The van der Waals surface area contributed by atoms with E-state index in [0.717, 1.165) is 5.56 Å². The minimum atomic E-state index is -1.21. The fourth-order valence-corrected chi connectivity index (χ4v) is 2.62. The first-order chi connectivity index (χ1) is 14.3. The number of hydrogen-bond acceptors (Lipinski definition) is 5. The zero-order chi connectivity index (χ0) is 21.9. The molecule has 160 valence electrons. The molecule has 30 heavy (non-hydrogen) atoms. The van der Waals surface area contributed by atoms with Crippen molar-refractivity contribution in [3.8, 4) is 0 Å². The Kier molecular flexibility index (Phi) is 8.76. The van der Waals surface area contributed by atoms with E-state index in [4.69, 9.17) is 10.5 Å². The summed E-state index contributed by atoms with van der Waals surface area (Å²) in [6, 6.07) is 13.7. The van der Waals surface area contributed by atoms with Gasteiger partial charge in [-0.3, -0.25) is 9.59 Å². The quantitative estimate of drug-likeness (QED) is 0.458. The Morgan fingerprint density at radius 2 is 1.73 bits per heavy atom. The molecule has 5 N–H and O–H groups in total. The molecule has 0 saturated heterocycles. The summed E-state index contributed by atoms with van der Waals surface area (Å²) in [5.74, 6) is -2.01. The molecule has 0 aromatic heterocycles. The van der Waals surface area contributed by atoms with Crippen molar-refractivity contribution < 1.29 is 28.6 Å². The van der Waals surface area contributed by atoms with Crippen LogP contribution in [0.1, 0.15) is 17.5 Å². The number of amides is 3. The molecule has 2 atom stereocenters. The van der Waals surface area contributed by atoms with Crippen LogP contribution in [0.4, 0.5) is 9.18 Å². The minimum absolute atomic E-state index is 0.0690. The topological polar surface area (TPSA) is 131 Å². The van der Waals surface area contributed by atoms with Crippen molar-refractivity contribution in [1.29, 1.82) is 0 Å². The number of rotatable bonds is 10. The first kappa shape index (κ1) is 22.8. The lowest BCUT2D eigenvalue weighted by molar-refractivity contribution is -0.128. The maximum absolute atomic E-state index is 13.8. The molecule has 0 spiro atoms. The largest absolute Gasteiger partial charge is 0.445 e. The van der Waals surface area contributed by atoms with Gasteiger partial charge in [-0.25, -0.2) is 9.18 Å². The fraction of sp³-hybridized carbons (Fsp3) is 0.286. The highest BCUT2D eigenvalue weighted by atomic mass is 19.1. The second-order valence-electron chi connectivity index (χ2n) is 6.62. The Labute approximate surface area is 173 Å². The molecule has 0 radical (unpaired) electrons. The Morgan fingerprint density at radius 3 is 2.40 bits per heavy atom. The van der Waals surface area contributed by atoms with Gasteiger partial charge in [0.2, 0.25) is 11.8 Å². The zero-order valence-corrected chi connectivity index (χ0v) is 16.2. The summed E-state index contributed by atoms with van der Waals surface area (Å²) in [6.45, 7) is -0.158. The number of carbonyl (C=O) groups excluding carboxylic acids is 3. The first-order valence-electron chi connectivity index (χ1n) is 9.30. The third kappa shape index (κ3) is 7.88. The predicted octanol–water partition coefficient (Wildman–Crippen LogP) is 1.02. The van der Waals surface area contributed by atoms with Crippen molar-refractivity contribution >= 4 is 17.9 Å². The van der Waals surface area contributed by atoms with Crippen LogP contribution in [0.2, 0.25) is 0 Å². The summed E-state index contributed by atoms with van der Waals surface area (Å²) < 4.78 is 18.7. The van der Waals surface area contributed by atoms with E-state index in [1.807, 2.05) is 18.2 Å². The molecule has 0 fully saturated rings. The molecule has 0 aliphatic carbocycles. The molecule has 8 nitrogen and oxygen atoms in total. The highest BCUT2D eigenvalue weighted by Crippen LogP contribution is 2.09. The molecule has 2 rings (SSSR count). The van der Waals surface area contributed by atoms with Gasteiger partial charge in [-0.2, -0.15) is 0 Å². The van der Waals surface area contributed by atoms with Crippen LogP contribution in [-0.2, 0) is 27.4 Å². The van der Waals surface area contributed by atoms with E-state index >= 15 is 0 Å². The van der Waals surface area contributed by atoms with Crippen LogP contribution >= 0.6 is 0 Å². The number of nitrogens with one attached hydrogen (secondary N) is 2. The number of aliphatic hydroxyl groups is 1. The Bertz CT molecular complexity index is 863. The molecule has 0 heterocycles. The van der Waals surface area contributed by atoms with Crippen molar-refractivity contribution in [2.24, 2.45) is 5.73 Å². The molecular formula is C21H24FN3O5. The van der Waals surface area contributed by atoms with E-state index in [1.54, 1.807) is 18.2 Å². The van der Waals surface area contributed by atoms with Crippen molar-refractivity contribution in [2.75, 3.05) is 6.54 Å². The standard InChI is InChI=1S/C21H24FN3O5/c22-17-9-5-4-8-15(17)10-18(20(23)28)25-19(27)11-16(26)12-24-21(29)30-13-14-6-2-1-3-7-14/h1-9,16,18,26H,10-13H2,(H2,23,28)(H,24,29)(H,25,27)/t16-,18+/m1/s1. The molecule has 0 bridgehead atoms. The minimum Gasteiger partial charge on any atom is -0.445 e. The predicted molar refractivity (Wildman–Crippen MR) is 106 cm³/mol. The van der Waals surface area contributed by atoms with Crippen LogP contribution in [0.25, 0.3) is 0 Å². The highest BCUT2D eigenvalue weighted by Gasteiger charge is 2.21. The van der Waals surface area contributed by atoms with E-state index in [9.17, 15) is 23.9 Å². The van der Waals surface area contributed by atoms with Crippen LogP contribution in [0, 0.1) is 5.82 Å². The average Bonchev–Trinajstić information content (AvgIpc) is 2.72. The third-order valence-electron chi connectivity index (χ3n) is 4.18. The number of carbonyl (C=O) groups is 3. The van der Waals surface area contributed by atoms with Crippen LogP contribution in [0.15, 0.2) is 54.6 Å². The van der Waals surface area contributed by atoms with Gasteiger partial charge in [-0.05, 0) is 17.2 Å². The number of nitrogens with two attached hydrogens (primary N) is 1. The SMILES string of the molecule is NC(=O)[C@H](Cc1ccccc1F)NC(=O)C[C@@H](O)CNC(=O)OCc1ccccc1. The maximum Gasteiger partial charge on any atom is 0.407 e. The lowest BCUT2D eigenvalue weighted by Gasteiger charge is -2.17. The summed E-state index contributed by atoms with van der Waals surface area (Å²) in [5, 5.41) is 14.7. The second-order valence-corrected chi connectivity index (χ2v) is 6.62. The van der Waals surface area contributed by atoms with Gasteiger partial charge in [0.1, 0.15) is 18.5 Å². The van der Waals surface area contributed by atoms with E-state index in [2.05, 4.69) is 10.6 Å². The van der Waals surface area contributed by atoms with Crippen molar-refractivity contribution in [1.82, 2.24) is 10.6 Å². The number of hydrogen-bond donors (Lipinski definition) is 4. The van der Waals surface area contributed by atoms with Gasteiger partial charge in [0, 0.05) is 13.0 Å². The highest BCUT2D eigenvalue weighted by molar-refractivity contribution is 5.87.